The number of nitrogens with one attached hydrogen (secondary N) is 1. The Morgan fingerprint density at radius 2 is 1.92 bits per heavy atom. The van der Waals surface area contributed by atoms with Crippen molar-refractivity contribution in [2.24, 2.45) is 5.73 Å². The summed E-state index contributed by atoms with van der Waals surface area (Å²) in [5, 5.41) is 22.7. The van der Waals surface area contributed by atoms with Crippen LogP contribution in [0.15, 0.2) is 73.2 Å². The maximum absolute atomic E-state index is 13.3. The predicted molar refractivity (Wildman–Crippen MR) is 135 cm³/mol. The Bertz CT molecular complexity index is 1620. The van der Waals surface area contributed by atoms with Crippen molar-refractivity contribution in [1.82, 2.24) is 24.5 Å². The van der Waals surface area contributed by atoms with Gasteiger partial charge in [-0.15, -0.1) is 0 Å². The minimum atomic E-state index is -4.50. The number of benzene rings is 2. The highest BCUT2D eigenvalue weighted by molar-refractivity contribution is 5.95. The molecule has 194 valence electrons. The van der Waals surface area contributed by atoms with E-state index in [-0.39, 0.29) is 16.8 Å². The molecule has 12 heteroatoms. The van der Waals surface area contributed by atoms with Gasteiger partial charge in [-0.1, -0.05) is 24.3 Å². The van der Waals surface area contributed by atoms with Gasteiger partial charge in [-0.05, 0) is 42.8 Å². The van der Waals surface area contributed by atoms with Crippen LogP contribution in [0.2, 0.25) is 0 Å². The van der Waals surface area contributed by atoms with Crippen LogP contribution in [0, 0.1) is 6.92 Å². The number of hydrogen-bond donors (Lipinski definition) is 3. The zero-order chi connectivity index (χ0) is 27.0. The second-order valence-electron chi connectivity index (χ2n) is 8.62. The quantitative estimate of drug-likeness (QED) is 0.293. The van der Waals surface area contributed by atoms with Crippen LogP contribution in [0.5, 0.6) is 0 Å². The number of hydrogen-bond acceptors (Lipinski definition) is 6. The standard InChI is InChI=1S/C26H22F3N7O2/c1-15-6-8-17(10-20(15)26(27,28)29)33-23(14-37)35-13-18(12-32-35)36-22-5-3-2-4-19(22)24(34-36)21-9-7-16(11-31-21)25(30)38/h2-13,23,33,37H,14H2,1H3,(H2,30,38). The number of rotatable bonds is 7. The number of aliphatic hydroxyl groups excluding tert-OH is 1. The lowest BCUT2D eigenvalue weighted by Crippen LogP contribution is -2.23. The number of aryl methyl sites for hydroxylation is 1. The maximum Gasteiger partial charge on any atom is 0.416 e. The number of carbonyl (C=O) groups is 1. The summed E-state index contributed by atoms with van der Waals surface area (Å²) in [6.07, 6.45) is -0.788. The summed E-state index contributed by atoms with van der Waals surface area (Å²) in [4.78, 5) is 15.7. The largest absolute Gasteiger partial charge is 0.416 e. The lowest BCUT2D eigenvalue weighted by molar-refractivity contribution is -0.138. The highest BCUT2D eigenvalue weighted by Crippen LogP contribution is 2.34. The van der Waals surface area contributed by atoms with Crippen LogP contribution in [0.25, 0.3) is 28.0 Å². The van der Waals surface area contributed by atoms with E-state index in [9.17, 15) is 23.1 Å². The van der Waals surface area contributed by atoms with Gasteiger partial charge in [0.15, 0.2) is 0 Å². The Kier molecular flexibility index (Phi) is 6.33. The number of aliphatic hydroxyl groups is 1. The third kappa shape index (κ3) is 4.68. The number of amides is 1. The fourth-order valence-corrected chi connectivity index (χ4v) is 4.14. The number of aromatic nitrogens is 5. The van der Waals surface area contributed by atoms with E-state index in [0.717, 1.165) is 17.0 Å². The van der Waals surface area contributed by atoms with Crippen LogP contribution in [0.4, 0.5) is 18.9 Å². The minimum Gasteiger partial charge on any atom is -0.392 e. The van der Waals surface area contributed by atoms with E-state index in [2.05, 4.69) is 15.4 Å². The first-order valence-electron chi connectivity index (χ1n) is 11.5. The summed E-state index contributed by atoms with van der Waals surface area (Å²) in [6.45, 7) is 0.956. The summed E-state index contributed by atoms with van der Waals surface area (Å²) in [7, 11) is 0. The van der Waals surface area contributed by atoms with E-state index in [1.807, 2.05) is 24.3 Å². The Morgan fingerprint density at radius 3 is 2.61 bits per heavy atom. The highest BCUT2D eigenvalue weighted by atomic mass is 19.4. The smallest absolute Gasteiger partial charge is 0.392 e. The van der Waals surface area contributed by atoms with Gasteiger partial charge in [0.25, 0.3) is 0 Å². The zero-order valence-corrected chi connectivity index (χ0v) is 20.0. The van der Waals surface area contributed by atoms with Gasteiger partial charge in [0.05, 0.1) is 41.3 Å². The van der Waals surface area contributed by atoms with Gasteiger partial charge in [0, 0.05) is 17.3 Å². The van der Waals surface area contributed by atoms with Crippen molar-refractivity contribution in [3.8, 4) is 17.1 Å². The molecule has 3 aromatic heterocycles. The van der Waals surface area contributed by atoms with Crippen molar-refractivity contribution >= 4 is 22.5 Å². The molecular formula is C26H22F3N7O2. The van der Waals surface area contributed by atoms with Crippen molar-refractivity contribution in [3.05, 3.63) is 89.9 Å². The van der Waals surface area contributed by atoms with Crippen molar-refractivity contribution in [2.75, 3.05) is 11.9 Å². The summed E-state index contributed by atoms with van der Waals surface area (Å²) in [6, 6.07) is 14.6. The molecule has 0 aliphatic carbocycles. The van der Waals surface area contributed by atoms with E-state index in [0.29, 0.717) is 17.1 Å². The van der Waals surface area contributed by atoms with Crippen molar-refractivity contribution < 1.29 is 23.1 Å². The van der Waals surface area contributed by atoms with Gasteiger partial charge in [-0.25, -0.2) is 9.36 Å². The predicted octanol–water partition coefficient (Wildman–Crippen LogP) is 4.31. The summed E-state index contributed by atoms with van der Waals surface area (Å²) in [5.74, 6) is -0.584. The number of pyridine rings is 1. The van der Waals surface area contributed by atoms with Crippen LogP contribution < -0.4 is 11.1 Å². The SMILES string of the molecule is Cc1ccc(NC(CO)n2cc(-n3nc(-c4ccc(C(N)=O)cn4)c4ccccc43)cn2)cc1C(F)(F)F. The first-order chi connectivity index (χ1) is 18.2. The van der Waals surface area contributed by atoms with Gasteiger partial charge in [0.2, 0.25) is 5.91 Å². The second kappa shape index (κ2) is 9.63. The van der Waals surface area contributed by atoms with Gasteiger partial charge in [0.1, 0.15) is 17.5 Å². The van der Waals surface area contributed by atoms with E-state index in [1.54, 1.807) is 23.0 Å². The summed E-state index contributed by atoms with van der Waals surface area (Å²) < 4.78 is 43.1. The molecule has 1 amide bonds. The topological polar surface area (TPSA) is 124 Å². The number of primary amides is 1. The van der Waals surface area contributed by atoms with Gasteiger partial charge in [-0.2, -0.15) is 23.4 Å². The monoisotopic (exact) mass is 521 g/mol. The maximum atomic E-state index is 13.3. The number of para-hydroxylation sites is 1. The second-order valence-corrected chi connectivity index (χ2v) is 8.62. The lowest BCUT2D eigenvalue weighted by Gasteiger charge is -2.19. The first-order valence-corrected chi connectivity index (χ1v) is 11.5. The highest BCUT2D eigenvalue weighted by Gasteiger charge is 2.32. The average molecular weight is 522 g/mol. The summed E-state index contributed by atoms with van der Waals surface area (Å²) in [5.41, 5.74) is 7.54. The molecule has 4 N–H and O–H groups in total. The Hall–Kier alpha value is -4.71. The fraction of sp³-hybridized carbons (Fsp3) is 0.154. The fourth-order valence-electron chi connectivity index (χ4n) is 4.14. The third-order valence-electron chi connectivity index (χ3n) is 6.08. The molecule has 1 atom stereocenters. The van der Waals surface area contributed by atoms with Crippen LogP contribution in [-0.2, 0) is 6.18 Å². The van der Waals surface area contributed by atoms with Crippen LogP contribution in [0.3, 0.4) is 0 Å². The first kappa shape index (κ1) is 25.0. The Morgan fingerprint density at radius 1 is 1.13 bits per heavy atom. The number of nitrogens with zero attached hydrogens (tertiary/aromatic N) is 5. The number of halogens is 3. The molecule has 9 nitrogen and oxygen atoms in total. The lowest BCUT2D eigenvalue weighted by atomic mass is 10.1. The van der Waals surface area contributed by atoms with Crippen molar-refractivity contribution in [2.45, 2.75) is 19.3 Å². The normalized spacial score (nSPS) is 12.6. The van der Waals surface area contributed by atoms with E-state index < -0.39 is 30.4 Å². The van der Waals surface area contributed by atoms with E-state index in [4.69, 9.17) is 10.8 Å². The third-order valence-corrected chi connectivity index (χ3v) is 6.08. The van der Waals surface area contributed by atoms with Gasteiger partial charge in [-0.3, -0.25) is 9.78 Å². The minimum absolute atomic E-state index is 0.102. The molecule has 0 spiro atoms. The molecule has 0 radical (unpaired) electrons. The number of alkyl halides is 3. The van der Waals surface area contributed by atoms with Crippen LogP contribution in [0.1, 0.15) is 27.7 Å². The molecule has 0 aliphatic heterocycles. The van der Waals surface area contributed by atoms with Crippen LogP contribution >= 0.6 is 0 Å². The van der Waals surface area contributed by atoms with Crippen molar-refractivity contribution in [1.29, 1.82) is 0 Å². The molecule has 5 aromatic rings. The number of fused-ring (bicyclic) bond motifs is 1. The van der Waals surface area contributed by atoms with Crippen molar-refractivity contribution in [3.63, 3.8) is 0 Å². The Labute approximate surface area is 214 Å². The zero-order valence-electron chi connectivity index (χ0n) is 20.0. The van der Waals surface area contributed by atoms with E-state index >= 15 is 0 Å². The number of nitrogens with two attached hydrogens (primary N) is 1. The molecule has 3 heterocycles. The van der Waals surface area contributed by atoms with Gasteiger partial charge < -0.3 is 16.2 Å². The molecular weight excluding hydrogens is 499 g/mol. The van der Waals surface area contributed by atoms with E-state index in [1.165, 1.54) is 36.1 Å². The molecule has 38 heavy (non-hydrogen) atoms. The molecule has 1 unspecified atom stereocenters. The van der Waals surface area contributed by atoms with Gasteiger partial charge >= 0.3 is 6.18 Å². The van der Waals surface area contributed by atoms with Crippen LogP contribution in [-0.4, -0.2) is 42.2 Å². The molecule has 2 aromatic carbocycles. The molecule has 0 saturated carbocycles. The average Bonchev–Trinajstić information content (AvgIpc) is 3.53. The number of carbonyl (C=O) groups excluding carboxylic acids is 1. The molecule has 0 fully saturated rings. The molecule has 0 saturated heterocycles. The molecule has 0 aliphatic rings. The molecule has 0 bridgehead atoms. The number of anilines is 1. The Balaban J connectivity index is 1.48. The summed E-state index contributed by atoms with van der Waals surface area (Å²) >= 11 is 0. The molecule has 5 rings (SSSR count).